The van der Waals surface area contributed by atoms with E-state index in [-0.39, 0.29) is 4.90 Å². The third-order valence-electron chi connectivity index (χ3n) is 2.85. The number of ether oxygens (including phenoxy) is 1. The minimum absolute atomic E-state index is 0.112. The Hall–Kier alpha value is -2.05. The molecule has 0 aliphatic carbocycles. The number of benzene rings is 2. The van der Waals surface area contributed by atoms with Crippen LogP contribution >= 0.6 is 0 Å². The van der Waals surface area contributed by atoms with Gasteiger partial charge < -0.3 is 10.1 Å². The van der Waals surface area contributed by atoms with Crippen LogP contribution in [0.5, 0.6) is 5.75 Å². The highest BCUT2D eigenvalue weighted by Crippen LogP contribution is 2.13. The van der Waals surface area contributed by atoms with Gasteiger partial charge in [0, 0.05) is 12.2 Å². The second kappa shape index (κ2) is 7.10. The van der Waals surface area contributed by atoms with Crippen molar-refractivity contribution in [2.24, 2.45) is 5.14 Å². The van der Waals surface area contributed by atoms with Crippen LogP contribution in [0.25, 0.3) is 0 Å². The van der Waals surface area contributed by atoms with Gasteiger partial charge in [-0.3, -0.25) is 0 Å². The fraction of sp³-hybridized carbons (Fsp3) is 0.200. The van der Waals surface area contributed by atoms with E-state index in [2.05, 4.69) is 5.32 Å². The second-order valence-electron chi connectivity index (χ2n) is 4.51. The summed E-state index contributed by atoms with van der Waals surface area (Å²) in [5, 5.41) is 8.23. The first-order chi connectivity index (χ1) is 10.1. The third kappa shape index (κ3) is 5.09. The molecule has 21 heavy (non-hydrogen) atoms. The molecule has 0 radical (unpaired) electrons. The van der Waals surface area contributed by atoms with E-state index >= 15 is 0 Å². The molecule has 0 aliphatic heterocycles. The molecule has 0 bridgehead atoms. The molecule has 2 rings (SSSR count). The molecule has 0 aliphatic rings. The topological polar surface area (TPSA) is 81.4 Å². The van der Waals surface area contributed by atoms with Crippen LogP contribution in [-0.2, 0) is 10.0 Å². The Labute approximate surface area is 124 Å². The van der Waals surface area contributed by atoms with Gasteiger partial charge >= 0.3 is 0 Å². The van der Waals surface area contributed by atoms with Crippen LogP contribution in [-0.4, -0.2) is 21.6 Å². The van der Waals surface area contributed by atoms with E-state index < -0.39 is 10.0 Å². The molecule has 2 aromatic rings. The maximum Gasteiger partial charge on any atom is 0.238 e. The quantitative estimate of drug-likeness (QED) is 0.769. The van der Waals surface area contributed by atoms with Crippen LogP contribution < -0.4 is 15.2 Å². The summed E-state index contributed by atoms with van der Waals surface area (Å²) in [6.45, 7) is 1.35. The summed E-state index contributed by atoms with van der Waals surface area (Å²) in [6.07, 6.45) is 0.839. The molecular formula is C15H18N2O3S. The average Bonchev–Trinajstić information content (AvgIpc) is 2.47. The van der Waals surface area contributed by atoms with E-state index in [0.717, 1.165) is 24.4 Å². The Morgan fingerprint density at radius 3 is 2.29 bits per heavy atom. The van der Waals surface area contributed by atoms with Gasteiger partial charge in [-0.25, -0.2) is 13.6 Å². The SMILES string of the molecule is NS(=O)(=O)c1ccc(NCCCOc2ccccc2)cc1. The first kappa shape index (κ1) is 15.3. The van der Waals surface area contributed by atoms with Gasteiger partial charge in [-0.15, -0.1) is 0 Å². The lowest BCUT2D eigenvalue weighted by atomic mass is 10.3. The summed E-state index contributed by atoms with van der Waals surface area (Å²) < 4.78 is 27.8. The first-order valence-corrected chi connectivity index (χ1v) is 8.15. The molecule has 0 heterocycles. The Morgan fingerprint density at radius 1 is 1.00 bits per heavy atom. The van der Waals surface area contributed by atoms with Crippen LogP contribution in [0.15, 0.2) is 59.5 Å². The standard InChI is InChI=1S/C15H18N2O3S/c16-21(18,19)15-9-7-13(8-10-15)17-11-4-12-20-14-5-2-1-3-6-14/h1-3,5-10,17H,4,11-12H2,(H2,16,18,19). The average molecular weight is 306 g/mol. The summed E-state index contributed by atoms with van der Waals surface area (Å²) in [7, 11) is -3.63. The van der Waals surface area contributed by atoms with Crippen LogP contribution in [0.2, 0.25) is 0 Å². The highest BCUT2D eigenvalue weighted by atomic mass is 32.2. The zero-order valence-corrected chi connectivity index (χ0v) is 12.3. The molecule has 0 atom stereocenters. The molecule has 0 unspecified atom stereocenters. The summed E-state index contributed by atoms with van der Waals surface area (Å²) in [5.41, 5.74) is 0.849. The number of sulfonamides is 1. The number of nitrogens with one attached hydrogen (secondary N) is 1. The van der Waals surface area contributed by atoms with E-state index in [4.69, 9.17) is 9.88 Å². The number of nitrogens with two attached hydrogens (primary N) is 1. The van der Waals surface area contributed by atoms with Crippen molar-refractivity contribution in [1.82, 2.24) is 0 Å². The van der Waals surface area contributed by atoms with Crippen molar-refractivity contribution >= 4 is 15.7 Å². The predicted molar refractivity (Wildman–Crippen MR) is 82.9 cm³/mol. The minimum atomic E-state index is -3.63. The van der Waals surface area contributed by atoms with Crippen molar-refractivity contribution in [3.05, 3.63) is 54.6 Å². The summed E-state index contributed by atoms with van der Waals surface area (Å²) in [5.74, 6) is 0.856. The molecule has 6 heteroatoms. The zero-order chi connectivity index (χ0) is 15.1. The van der Waals surface area contributed by atoms with Gasteiger partial charge in [-0.1, -0.05) is 18.2 Å². The smallest absolute Gasteiger partial charge is 0.238 e. The van der Waals surface area contributed by atoms with Crippen LogP contribution in [0.3, 0.4) is 0 Å². The third-order valence-corrected chi connectivity index (χ3v) is 3.77. The fourth-order valence-corrected chi connectivity index (χ4v) is 2.29. The second-order valence-corrected chi connectivity index (χ2v) is 6.07. The summed E-state index contributed by atoms with van der Waals surface area (Å²) in [4.78, 5) is 0.112. The lowest BCUT2D eigenvalue weighted by molar-refractivity contribution is 0.315. The van der Waals surface area contributed by atoms with Crippen molar-refractivity contribution in [3.63, 3.8) is 0 Å². The van der Waals surface area contributed by atoms with Gasteiger partial charge in [0.1, 0.15) is 5.75 Å². The molecule has 0 fully saturated rings. The number of hydrogen-bond acceptors (Lipinski definition) is 4. The van der Waals surface area contributed by atoms with E-state index in [9.17, 15) is 8.42 Å². The first-order valence-electron chi connectivity index (χ1n) is 6.60. The maximum absolute atomic E-state index is 11.1. The van der Waals surface area contributed by atoms with Crippen molar-refractivity contribution in [3.8, 4) is 5.75 Å². The van der Waals surface area contributed by atoms with Crippen LogP contribution in [0, 0.1) is 0 Å². The molecule has 0 spiro atoms. The number of anilines is 1. The van der Waals surface area contributed by atoms with E-state index in [1.807, 2.05) is 30.3 Å². The Morgan fingerprint density at radius 2 is 1.67 bits per heavy atom. The largest absolute Gasteiger partial charge is 0.494 e. The molecule has 0 amide bonds. The normalized spacial score (nSPS) is 11.1. The van der Waals surface area contributed by atoms with Crippen molar-refractivity contribution in [2.45, 2.75) is 11.3 Å². The van der Waals surface area contributed by atoms with E-state index in [1.54, 1.807) is 12.1 Å². The predicted octanol–water partition coefficient (Wildman–Crippen LogP) is 2.21. The molecule has 0 aromatic heterocycles. The van der Waals surface area contributed by atoms with Gasteiger partial charge in [0.05, 0.1) is 11.5 Å². The van der Waals surface area contributed by atoms with Crippen molar-refractivity contribution < 1.29 is 13.2 Å². The molecule has 112 valence electrons. The van der Waals surface area contributed by atoms with Gasteiger partial charge in [-0.2, -0.15) is 0 Å². The minimum Gasteiger partial charge on any atom is -0.494 e. The van der Waals surface area contributed by atoms with Gasteiger partial charge in [-0.05, 0) is 42.8 Å². The maximum atomic E-state index is 11.1. The van der Waals surface area contributed by atoms with Gasteiger partial charge in [0.15, 0.2) is 0 Å². The van der Waals surface area contributed by atoms with Gasteiger partial charge in [0.25, 0.3) is 0 Å². The zero-order valence-electron chi connectivity index (χ0n) is 11.5. The van der Waals surface area contributed by atoms with E-state index in [0.29, 0.717) is 6.61 Å². The lowest BCUT2D eigenvalue weighted by Crippen LogP contribution is -2.12. The highest BCUT2D eigenvalue weighted by molar-refractivity contribution is 7.89. The van der Waals surface area contributed by atoms with Crippen LogP contribution in [0.1, 0.15) is 6.42 Å². The lowest BCUT2D eigenvalue weighted by Gasteiger charge is -2.08. The van der Waals surface area contributed by atoms with Crippen molar-refractivity contribution in [2.75, 3.05) is 18.5 Å². The molecule has 0 saturated heterocycles. The Balaban J connectivity index is 1.71. The molecule has 0 saturated carbocycles. The van der Waals surface area contributed by atoms with Crippen LogP contribution in [0.4, 0.5) is 5.69 Å². The number of rotatable bonds is 7. The van der Waals surface area contributed by atoms with Crippen molar-refractivity contribution in [1.29, 1.82) is 0 Å². The van der Waals surface area contributed by atoms with Gasteiger partial charge in [0.2, 0.25) is 10.0 Å². The summed E-state index contributed by atoms with van der Waals surface area (Å²) in [6, 6.07) is 16.0. The Kier molecular flexibility index (Phi) is 5.19. The number of para-hydroxylation sites is 1. The fourth-order valence-electron chi connectivity index (χ4n) is 1.77. The monoisotopic (exact) mass is 306 g/mol. The number of primary sulfonamides is 1. The number of hydrogen-bond donors (Lipinski definition) is 2. The highest BCUT2D eigenvalue weighted by Gasteiger charge is 2.06. The molecule has 2 aromatic carbocycles. The molecule has 3 N–H and O–H groups in total. The summed E-state index contributed by atoms with van der Waals surface area (Å²) >= 11 is 0. The van der Waals surface area contributed by atoms with E-state index in [1.165, 1.54) is 12.1 Å². The molecular weight excluding hydrogens is 288 g/mol. The molecule has 5 nitrogen and oxygen atoms in total. The Bertz CT molecular complexity index is 655.